The minimum atomic E-state index is -4.38. The molecule has 0 spiro atoms. The number of nitrogens with zero attached hydrogens (tertiary/aromatic N) is 1. The number of hydrogen-bond acceptors (Lipinski definition) is 5. The van der Waals surface area contributed by atoms with Crippen LogP contribution in [0.25, 0.3) is 0 Å². The first-order valence-corrected chi connectivity index (χ1v) is 12.9. The molecule has 41 heavy (non-hydrogen) atoms. The number of methoxy groups -OCH3 is 2. The van der Waals surface area contributed by atoms with E-state index in [0.717, 1.165) is 17.7 Å². The predicted molar refractivity (Wildman–Crippen MR) is 152 cm³/mol. The lowest BCUT2D eigenvalue weighted by Gasteiger charge is -2.27. The SMILES string of the molecule is CC(C)(C)OC(N)=O.COc1ccc(N(CCc2ccc(C(F)(F)F)cc2)C(=O)C(C)c2ccccc2)cc1OC. The first-order valence-electron chi connectivity index (χ1n) is 12.9. The molecule has 0 fully saturated rings. The number of primary amides is 1. The van der Waals surface area contributed by atoms with Crippen molar-refractivity contribution in [3.05, 3.63) is 89.5 Å². The molecule has 7 nitrogen and oxygen atoms in total. The number of nitrogens with two attached hydrogens (primary N) is 1. The topological polar surface area (TPSA) is 91.1 Å². The first kappa shape index (κ1) is 33.0. The molecule has 0 saturated heterocycles. The van der Waals surface area contributed by atoms with Crippen LogP contribution in [0.5, 0.6) is 11.5 Å². The zero-order valence-electron chi connectivity index (χ0n) is 24.1. The number of anilines is 1. The van der Waals surface area contributed by atoms with Crippen molar-refractivity contribution in [1.29, 1.82) is 0 Å². The van der Waals surface area contributed by atoms with Crippen LogP contribution in [0.3, 0.4) is 0 Å². The second-order valence-corrected chi connectivity index (χ2v) is 10.1. The lowest BCUT2D eigenvalue weighted by Crippen LogP contribution is -2.36. The first-order chi connectivity index (χ1) is 19.2. The molecule has 0 radical (unpaired) electrons. The fourth-order valence-electron chi connectivity index (χ4n) is 3.88. The number of benzene rings is 3. The third kappa shape index (κ3) is 10.4. The van der Waals surface area contributed by atoms with Gasteiger partial charge in [-0.05, 0) is 69.5 Å². The molecule has 2 N–H and O–H groups in total. The summed E-state index contributed by atoms with van der Waals surface area (Å²) in [5.74, 6) is 0.481. The molecule has 10 heteroatoms. The minimum absolute atomic E-state index is 0.125. The maximum atomic E-state index is 13.5. The van der Waals surface area contributed by atoms with Crippen molar-refractivity contribution in [2.24, 2.45) is 5.73 Å². The third-order valence-corrected chi connectivity index (χ3v) is 5.93. The Morgan fingerprint density at radius 1 is 0.878 bits per heavy atom. The van der Waals surface area contributed by atoms with E-state index < -0.39 is 29.4 Å². The molecule has 3 aromatic carbocycles. The second-order valence-electron chi connectivity index (χ2n) is 10.1. The summed E-state index contributed by atoms with van der Waals surface area (Å²) < 4.78 is 53.9. The number of carbonyl (C=O) groups is 2. The lowest BCUT2D eigenvalue weighted by molar-refractivity contribution is -0.137. The Kier molecular flexibility index (Phi) is 11.6. The van der Waals surface area contributed by atoms with Gasteiger partial charge in [-0.15, -0.1) is 0 Å². The Morgan fingerprint density at radius 3 is 1.93 bits per heavy atom. The highest BCUT2D eigenvalue weighted by Crippen LogP contribution is 2.33. The van der Waals surface area contributed by atoms with E-state index in [2.05, 4.69) is 4.74 Å². The van der Waals surface area contributed by atoms with E-state index in [4.69, 9.17) is 15.2 Å². The van der Waals surface area contributed by atoms with Gasteiger partial charge < -0.3 is 24.8 Å². The Morgan fingerprint density at radius 2 is 1.46 bits per heavy atom. The van der Waals surface area contributed by atoms with Gasteiger partial charge in [-0.2, -0.15) is 13.2 Å². The average Bonchev–Trinajstić information content (AvgIpc) is 2.91. The van der Waals surface area contributed by atoms with Gasteiger partial charge in [0.25, 0.3) is 0 Å². The number of ether oxygens (including phenoxy) is 3. The van der Waals surface area contributed by atoms with Crippen molar-refractivity contribution < 1.29 is 37.0 Å². The number of carbonyl (C=O) groups excluding carboxylic acids is 2. The molecule has 222 valence electrons. The Hall–Kier alpha value is -4.21. The van der Waals surface area contributed by atoms with Gasteiger partial charge in [-0.1, -0.05) is 42.5 Å². The van der Waals surface area contributed by atoms with E-state index in [-0.39, 0.29) is 12.5 Å². The summed E-state index contributed by atoms with van der Waals surface area (Å²) >= 11 is 0. The summed E-state index contributed by atoms with van der Waals surface area (Å²) in [6, 6.07) is 19.7. The van der Waals surface area contributed by atoms with Crippen molar-refractivity contribution in [1.82, 2.24) is 0 Å². The lowest BCUT2D eigenvalue weighted by atomic mass is 9.99. The van der Waals surface area contributed by atoms with Gasteiger partial charge in [0.2, 0.25) is 5.91 Å². The second kappa shape index (κ2) is 14.4. The molecule has 0 aliphatic carbocycles. The maximum Gasteiger partial charge on any atom is 0.416 e. The summed E-state index contributed by atoms with van der Waals surface area (Å²) in [4.78, 5) is 25.2. The third-order valence-electron chi connectivity index (χ3n) is 5.93. The van der Waals surface area contributed by atoms with Gasteiger partial charge in [0.1, 0.15) is 5.60 Å². The van der Waals surface area contributed by atoms with Gasteiger partial charge >= 0.3 is 12.3 Å². The maximum absolute atomic E-state index is 13.5. The van der Waals surface area contributed by atoms with Gasteiger partial charge in [0.05, 0.1) is 25.7 Å². The molecule has 0 saturated carbocycles. The molecule has 0 bridgehead atoms. The predicted octanol–water partition coefficient (Wildman–Crippen LogP) is 6.98. The number of alkyl halides is 3. The van der Waals surface area contributed by atoms with Crippen molar-refractivity contribution in [3.63, 3.8) is 0 Å². The Balaban J connectivity index is 0.000000642. The summed E-state index contributed by atoms with van der Waals surface area (Å²) in [6.07, 6.45) is -4.72. The van der Waals surface area contributed by atoms with E-state index in [1.54, 1.807) is 43.9 Å². The van der Waals surface area contributed by atoms with Gasteiger partial charge in [0.15, 0.2) is 11.5 Å². The highest BCUT2D eigenvalue weighted by atomic mass is 19.4. The molecule has 2 amide bonds. The van der Waals surface area contributed by atoms with E-state index >= 15 is 0 Å². The molecule has 3 aromatic rings. The fraction of sp³-hybridized carbons (Fsp3) is 0.355. The Bertz CT molecular complexity index is 1270. The highest BCUT2D eigenvalue weighted by Gasteiger charge is 2.30. The van der Waals surface area contributed by atoms with E-state index in [1.165, 1.54) is 26.4 Å². The van der Waals surface area contributed by atoms with Crippen LogP contribution in [0.2, 0.25) is 0 Å². The van der Waals surface area contributed by atoms with Crippen LogP contribution in [0.1, 0.15) is 50.3 Å². The minimum Gasteiger partial charge on any atom is -0.493 e. The molecule has 3 rings (SSSR count). The molecule has 0 heterocycles. The largest absolute Gasteiger partial charge is 0.493 e. The van der Waals surface area contributed by atoms with Crippen molar-refractivity contribution in [2.45, 2.75) is 51.8 Å². The van der Waals surface area contributed by atoms with E-state index in [0.29, 0.717) is 29.2 Å². The number of amides is 2. The van der Waals surface area contributed by atoms with Crippen LogP contribution in [0.15, 0.2) is 72.8 Å². The molecular weight excluding hydrogens is 537 g/mol. The van der Waals surface area contributed by atoms with Crippen molar-refractivity contribution in [2.75, 3.05) is 25.7 Å². The molecule has 0 aliphatic heterocycles. The van der Waals surface area contributed by atoms with Crippen LogP contribution >= 0.6 is 0 Å². The standard InChI is InChI=1S/C26H26F3NO3.C5H11NO2/c1-18(20-7-5-4-6-8-20)25(31)30(22-13-14-23(32-2)24(17-22)33-3)16-15-19-9-11-21(12-10-19)26(27,28)29;1-5(2,3)8-4(6)7/h4-14,17-18H,15-16H2,1-3H3;1-3H3,(H2,6,7). The Labute approximate surface area is 239 Å². The van der Waals surface area contributed by atoms with Gasteiger partial charge in [-0.3, -0.25) is 4.79 Å². The zero-order valence-corrected chi connectivity index (χ0v) is 24.1. The van der Waals surface area contributed by atoms with Crippen LogP contribution in [0.4, 0.5) is 23.7 Å². The fourth-order valence-corrected chi connectivity index (χ4v) is 3.88. The molecule has 1 atom stereocenters. The van der Waals surface area contributed by atoms with Gasteiger partial charge in [0, 0.05) is 18.3 Å². The molecular formula is C31H37F3N2O5. The monoisotopic (exact) mass is 574 g/mol. The van der Waals surface area contributed by atoms with Crippen LogP contribution in [-0.4, -0.2) is 38.4 Å². The normalized spacial score (nSPS) is 11.9. The average molecular weight is 575 g/mol. The van der Waals surface area contributed by atoms with Crippen molar-refractivity contribution >= 4 is 17.7 Å². The zero-order chi connectivity index (χ0) is 30.8. The molecule has 1 unspecified atom stereocenters. The summed E-state index contributed by atoms with van der Waals surface area (Å²) in [7, 11) is 3.05. The van der Waals surface area contributed by atoms with Crippen LogP contribution < -0.4 is 20.1 Å². The number of hydrogen-bond donors (Lipinski definition) is 1. The number of halogens is 3. The highest BCUT2D eigenvalue weighted by molar-refractivity contribution is 5.98. The summed E-state index contributed by atoms with van der Waals surface area (Å²) in [6.45, 7) is 7.41. The molecule has 0 aromatic heterocycles. The van der Waals surface area contributed by atoms with Crippen LogP contribution in [0, 0.1) is 0 Å². The van der Waals surface area contributed by atoms with Gasteiger partial charge in [-0.25, -0.2) is 4.79 Å². The van der Waals surface area contributed by atoms with Crippen molar-refractivity contribution in [3.8, 4) is 11.5 Å². The van der Waals surface area contributed by atoms with Crippen LogP contribution in [-0.2, 0) is 22.1 Å². The summed E-state index contributed by atoms with van der Waals surface area (Å²) in [5.41, 5.74) is 5.77. The smallest absolute Gasteiger partial charge is 0.416 e. The molecule has 0 aliphatic rings. The summed E-state index contributed by atoms with van der Waals surface area (Å²) in [5, 5.41) is 0. The number of rotatable bonds is 8. The quantitative estimate of drug-likeness (QED) is 0.313. The van der Waals surface area contributed by atoms with E-state index in [9.17, 15) is 22.8 Å². The van der Waals surface area contributed by atoms with E-state index in [1.807, 2.05) is 37.3 Å².